The molecule has 0 aromatic rings. The first-order valence-corrected chi connectivity index (χ1v) is 6.74. The lowest BCUT2D eigenvalue weighted by Crippen LogP contribution is -2.43. The molecule has 0 aromatic carbocycles. The van der Waals surface area contributed by atoms with E-state index in [0.717, 1.165) is 38.8 Å². The molecule has 0 aliphatic rings. The fourth-order valence-corrected chi connectivity index (χ4v) is 1.96. The lowest BCUT2D eigenvalue weighted by Gasteiger charge is -2.28. The lowest BCUT2D eigenvalue weighted by atomic mass is 10.1. The molecule has 6 heteroatoms. The van der Waals surface area contributed by atoms with Crippen molar-refractivity contribution in [1.82, 2.24) is 4.90 Å². The highest BCUT2D eigenvalue weighted by atomic mass is 16.4. The van der Waals surface area contributed by atoms with Crippen molar-refractivity contribution in [2.45, 2.75) is 38.1 Å². The lowest BCUT2D eigenvalue weighted by molar-refractivity contribution is -0.143. The average molecular weight is 260 g/mol. The third-order valence-corrected chi connectivity index (χ3v) is 2.96. The molecule has 0 spiro atoms. The van der Waals surface area contributed by atoms with E-state index < -0.39 is 12.0 Å². The molecule has 18 heavy (non-hydrogen) atoms. The van der Waals surface area contributed by atoms with Gasteiger partial charge in [-0.1, -0.05) is 6.42 Å². The van der Waals surface area contributed by atoms with Gasteiger partial charge >= 0.3 is 5.97 Å². The molecular weight excluding hydrogens is 232 g/mol. The minimum atomic E-state index is -0.763. The Morgan fingerprint density at radius 2 is 1.44 bits per heavy atom. The van der Waals surface area contributed by atoms with Crippen LogP contribution in [0.2, 0.25) is 0 Å². The molecular formula is C12H28N4O2. The van der Waals surface area contributed by atoms with Gasteiger partial charge in [-0.15, -0.1) is 0 Å². The summed E-state index contributed by atoms with van der Waals surface area (Å²) in [4.78, 5) is 13.3. The van der Waals surface area contributed by atoms with Gasteiger partial charge in [0, 0.05) is 13.1 Å². The normalized spacial score (nSPS) is 12.9. The van der Waals surface area contributed by atoms with Crippen LogP contribution in [-0.4, -0.2) is 54.7 Å². The van der Waals surface area contributed by atoms with Gasteiger partial charge in [-0.3, -0.25) is 9.69 Å². The average Bonchev–Trinajstić information content (AvgIpc) is 2.35. The van der Waals surface area contributed by atoms with Gasteiger partial charge in [-0.05, 0) is 45.3 Å². The second-order valence-corrected chi connectivity index (χ2v) is 4.46. The van der Waals surface area contributed by atoms with E-state index >= 15 is 0 Å². The topological polar surface area (TPSA) is 119 Å². The number of carboxylic acids is 1. The van der Waals surface area contributed by atoms with E-state index in [-0.39, 0.29) is 0 Å². The van der Waals surface area contributed by atoms with Crippen LogP contribution in [0.5, 0.6) is 0 Å². The van der Waals surface area contributed by atoms with Crippen molar-refractivity contribution in [2.24, 2.45) is 17.2 Å². The zero-order valence-corrected chi connectivity index (χ0v) is 11.2. The molecule has 6 nitrogen and oxygen atoms in total. The van der Waals surface area contributed by atoms with Crippen LogP contribution >= 0.6 is 0 Å². The van der Waals surface area contributed by atoms with E-state index in [2.05, 4.69) is 0 Å². The van der Waals surface area contributed by atoms with Crippen LogP contribution in [0.3, 0.4) is 0 Å². The van der Waals surface area contributed by atoms with E-state index in [1.54, 1.807) is 0 Å². The molecule has 0 aromatic heterocycles. The summed E-state index contributed by atoms with van der Waals surface area (Å²) >= 11 is 0. The van der Waals surface area contributed by atoms with E-state index in [1.807, 2.05) is 4.90 Å². The molecule has 0 saturated carbocycles. The van der Waals surface area contributed by atoms with Gasteiger partial charge in [0.05, 0.1) is 0 Å². The maximum Gasteiger partial charge on any atom is 0.320 e. The first-order valence-electron chi connectivity index (χ1n) is 6.74. The van der Waals surface area contributed by atoms with Crippen molar-refractivity contribution < 1.29 is 9.90 Å². The Morgan fingerprint density at radius 3 is 1.83 bits per heavy atom. The molecule has 0 bridgehead atoms. The third-order valence-electron chi connectivity index (χ3n) is 2.96. The summed E-state index contributed by atoms with van der Waals surface area (Å²) in [5.74, 6) is -0.763. The molecule has 0 fully saturated rings. The van der Waals surface area contributed by atoms with Gasteiger partial charge in [0.15, 0.2) is 0 Å². The molecule has 1 unspecified atom stereocenters. The first-order chi connectivity index (χ1) is 8.67. The van der Waals surface area contributed by atoms with Crippen LogP contribution in [0.1, 0.15) is 32.1 Å². The van der Waals surface area contributed by atoms with Crippen LogP contribution < -0.4 is 17.2 Å². The fourth-order valence-electron chi connectivity index (χ4n) is 1.96. The summed E-state index contributed by atoms with van der Waals surface area (Å²) in [5.41, 5.74) is 16.4. The highest BCUT2D eigenvalue weighted by molar-refractivity contribution is 5.73. The molecule has 0 radical (unpaired) electrons. The van der Waals surface area contributed by atoms with Crippen LogP contribution in [0.4, 0.5) is 0 Å². The maximum absolute atomic E-state index is 11.3. The van der Waals surface area contributed by atoms with Crippen LogP contribution in [0.25, 0.3) is 0 Å². The predicted octanol–water partition coefficient (Wildman–Crippen LogP) is -0.432. The standard InChI is InChI=1S/C12H28N4O2/c13-6-2-1-5-11(12(17)18)16(9-3-7-14)10-4-8-15/h11H,1-10,13-15H2,(H,17,18). The molecule has 0 rings (SSSR count). The largest absolute Gasteiger partial charge is 0.480 e. The number of nitrogens with zero attached hydrogens (tertiary/aromatic N) is 1. The number of hydrogen-bond donors (Lipinski definition) is 4. The molecule has 0 heterocycles. The zero-order chi connectivity index (χ0) is 13.8. The molecule has 7 N–H and O–H groups in total. The Labute approximate surface area is 109 Å². The maximum atomic E-state index is 11.3. The van der Waals surface area contributed by atoms with Crippen LogP contribution in [0, 0.1) is 0 Å². The minimum Gasteiger partial charge on any atom is -0.480 e. The summed E-state index contributed by atoms with van der Waals surface area (Å²) in [5, 5.41) is 9.31. The highest BCUT2D eigenvalue weighted by Crippen LogP contribution is 2.10. The van der Waals surface area contributed by atoms with E-state index in [0.29, 0.717) is 26.1 Å². The second kappa shape index (κ2) is 11.4. The van der Waals surface area contributed by atoms with E-state index in [1.165, 1.54) is 0 Å². The number of aliphatic carboxylic acids is 1. The Kier molecular flexibility index (Phi) is 11.0. The van der Waals surface area contributed by atoms with Crippen molar-refractivity contribution in [3.8, 4) is 0 Å². The quantitative estimate of drug-likeness (QED) is 0.354. The number of nitrogens with two attached hydrogens (primary N) is 3. The van der Waals surface area contributed by atoms with Crippen molar-refractivity contribution in [3.05, 3.63) is 0 Å². The van der Waals surface area contributed by atoms with Gasteiger partial charge < -0.3 is 22.3 Å². The highest BCUT2D eigenvalue weighted by Gasteiger charge is 2.24. The van der Waals surface area contributed by atoms with Gasteiger partial charge in [0.1, 0.15) is 6.04 Å². The number of hydrogen-bond acceptors (Lipinski definition) is 5. The summed E-state index contributed by atoms with van der Waals surface area (Å²) < 4.78 is 0. The first kappa shape index (κ1) is 17.3. The Hall–Kier alpha value is -0.690. The second-order valence-electron chi connectivity index (χ2n) is 4.46. The zero-order valence-electron chi connectivity index (χ0n) is 11.2. The summed E-state index contributed by atoms with van der Waals surface area (Å²) in [7, 11) is 0. The van der Waals surface area contributed by atoms with Crippen molar-refractivity contribution in [3.63, 3.8) is 0 Å². The summed E-state index contributed by atoms with van der Waals surface area (Å²) in [6.07, 6.45) is 3.97. The number of carbonyl (C=O) groups is 1. The third kappa shape index (κ3) is 7.60. The monoisotopic (exact) mass is 260 g/mol. The van der Waals surface area contributed by atoms with Gasteiger partial charge in [-0.2, -0.15) is 0 Å². The molecule has 1 atom stereocenters. The minimum absolute atomic E-state index is 0.436. The number of unbranched alkanes of at least 4 members (excludes halogenated alkanes) is 1. The Bertz CT molecular complexity index is 206. The van der Waals surface area contributed by atoms with Crippen LogP contribution in [0.15, 0.2) is 0 Å². The van der Waals surface area contributed by atoms with Crippen LogP contribution in [-0.2, 0) is 4.79 Å². The molecule has 108 valence electrons. The Morgan fingerprint density at radius 1 is 0.944 bits per heavy atom. The van der Waals surface area contributed by atoms with Crippen molar-refractivity contribution >= 4 is 5.97 Å². The van der Waals surface area contributed by atoms with E-state index in [9.17, 15) is 9.90 Å². The van der Waals surface area contributed by atoms with Gasteiger partial charge in [0.2, 0.25) is 0 Å². The summed E-state index contributed by atoms with van der Waals surface area (Å²) in [6.45, 7) is 3.20. The van der Waals surface area contributed by atoms with Crippen molar-refractivity contribution in [1.29, 1.82) is 0 Å². The fraction of sp³-hybridized carbons (Fsp3) is 0.917. The van der Waals surface area contributed by atoms with E-state index in [4.69, 9.17) is 17.2 Å². The SMILES string of the molecule is NCCCCC(C(=O)O)N(CCCN)CCCN. The Balaban J connectivity index is 4.36. The molecule has 0 aliphatic heterocycles. The smallest absolute Gasteiger partial charge is 0.320 e. The number of rotatable bonds is 12. The summed E-state index contributed by atoms with van der Waals surface area (Å²) in [6, 6.07) is -0.436. The van der Waals surface area contributed by atoms with Gasteiger partial charge in [-0.25, -0.2) is 0 Å². The molecule has 0 saturated heterocycles. The van der Waals surface area contributed by atoms with Gasteiger partial charge in [0.25, 0.3) is 0 Å². The molecule has 0 amide bonds. The number of carboxylic acid groups (broad SMARTS) is 1. The van der Waals surface area contributed by atoms with Crippen molar-refractivity contribution in [2.75, 3.05) is 32.7 Å². The predicted molar refractivity (Wildman–Crippen MR) is 73.2 cm³/mol. The molecule has 0 aliphatic carbocycles.